The van der Waals surface area contributed by atoms with Crippen LogP contribution < -0.4 is 10.0 Å². The van der Waals surface area contributed by atoms with Crippen LogP contribution in [0.1, 0.15) is 13.8 Å². The van der Waals surface area contributed by atoms with Crippen LogP contribution in [0.15, 0.2) is 23.2 Å². The van der Waals surface area contributed by atoms with Crippen molar-refractivity contribution in [1.82, 2.24) is 14.6 Å². The third-order valence-corrected chi connectivity index (χ3v) is 4.21. The monoisotopic (exact) mass is 300 g/mol. The second-order valence-electron chi connectivity index (χ2n) is 5.83. The molecule has 0 aliphatic rings. The second-order valence-corrected chi connectivity index (χ2v) is 7.56. The Hall–Kier alpha value is -1.18. The molecule has 0 aromatic carbocycles. The summed E-state index contributed by atoms with van der Waals surface area (Å²) >= 11 is 0. The molecule has 114 valence electrons. The lowest BCUT2D eigenvalue weighted by molar-refractivity contribution is 0.242. The molecule has 0 bridgehead atoms. The van der Waals surface area contributed by atoms with Crippen molar-refractivity contribution in [2.75, 3.05) is 39.5 Å². The number of sulfonamides is 1. The summed E-state index contributed by atoms with van der Waals surface area (Å²) < 4.78 is 27.3. The van der Waals surface area contributed by atoms with Crippen molar-refractivity contribution in [1.29, 1.82) is 0 Å². The minimum Gasteiger partial charge on any atom is -0.372 e. The van der Waals surface area contributed by atoms with Crippen LogP contribution in [0, 0.1) is 5.41 Å². The Balaban J connectivity index is 2.86. The van der Waals surface area contributed by atoms with Gasteiger partial charge in [0.25, 0.3) is 0 Å². The van der Waals surface area contributed by atoms with E-state index in [0.29, 0.717) is 12.4 Å². The van der Waals surface area contributed by atoms with Crippen LogP contribution in [-0.2, 0) is 10.0 Å². The predicted octanol–water partition coefficient (Wildman–Crippen LogP) is 0.989. The Morgan fingerprint density at radius 3 is 2.55 bits per heavy atom. The van der Waals surface area contributed by atoms with Crippen LogP contribution in [0.2, 0.25) is 0 Å². The van der Waals surface area contributed by atoms with Crippen LogP contribution in [0.3, 0.4) is 0 Å². The molecule has 0 radical (unpaired) electrons. The predicted molar refractivity (Wildman–Crippen MR) is 81.3 cm³/mol. The van der Waals surface area contributed by atoms with E-state index in [1.165, 1.54) is 0 Å². The van der Waals surface area contributed by atoms with E-state index >= 15 is 0 Å². The average Bonchev–Trinajstić information content (AvgIpc) is 2.35. The molecule has 0 fully saturated rings. The molecule has 0 spiro atoms. The van der Waals surface area contributed by atoms with Crippen molar-refractivity contribution in [3.63, 3.8) is 0 Å². The van der Waals surface area contributed by atoms with Crippen LogP contribution in [0.5, 0.6) is 0 Å². The van der Waals surface area contributed by atoms with E-state index in [4.69, 9.17) is 0 Å². The molecule has 1 rings (SSSR count). The lowest BCUT2D eigenvalue weighted by Gasteiger charge is -2.28. The van der Waals surface area contributed by atoms with Gasteiger partial charge in [-0.25, -0.2) is 18.1 Å². The van der Waals surface area contributed by atoms with Crippen LogP contribution in [0.25, 0.3) is 0 Å². The number of rotatable bonds is 7. The van der Waals surface area contributed by atoms with Gasteiger partial charge in [0.15, 0.2) is 0 Å². The molecule has 0 atom stereocenters. The molecule has 0 saturated carbocycles. The molecule has 6 nitrogen and oxygen atoms in total. The van der Waals surface area contributed by atoms with Crippen molar-refractivity contribution in [3.8, 4) is 0 Å². The van der Waals surface area contributed by atoms with Gasteiger partial charge in [-0.1, -0.05) is 13.8 Å². The maximum absolute atomic E-state index is 12.3. The lowest BCUT2D eigenvalue weighted by Crippen LogP contribution is -2.40. The van der Waals surface area contributed by atoms with E-state index in [9.17, 15) is 8.42 Å². The van der Waals surface area contributed by atoms with Gasteiger partial charge in [0.2, 0.25) is 10.0 Å². The summed E-state index contributed by atoms with van der Waals surface area (Å²) in [5.41, 5.74) is -0.154. The first kappa shape index (κ1) is 16.9. The Morgan fingerprint density at radius 1 is 1.35 bits per heavy atom. The van der Waals surface area contributed by atoms with Gasteiger partial charge in [0, 0.05) is 26.3 Å². The number of anilines is 1. The summed E-state index contributed by atoms with van der Waals surface area (Å²) in [6.45, 7) is 5.21. The summed E-state index contributed by atoms with van der Waals surface area (Å²) in [5, 5.41) is 2.79. The van der Waals surface area contributed by atoms with Crippen LogP contribution >= 0.6 is 0 Å². The third kappa shape index (κ3) is 4.73. The topological polar surface area (TPSA) is 74.3 Å². The minimum absolute atomic E-state index is 0.154. The quantitative estimate of drug-likeness (QED) is 0.785. The molecule has 1 aromatic heterocycles. The van der Waals surface area contributed by atoms with Gasteiger partial charge in [-0.15, -0.1) is 0 Å². The molecular formula is C13H24N4O2S. The van der Waals surface area contributed by atoms with Crippen molar-refractivity contribution in [3.05, 3.63) is 18.3 Å². The smallest absolute Gasteiger partial charge is 0.244 e. The SMILES string of the molecule is CNc1ncccc1S(=O)(=O)NCC(C)(C)CN(C)C. The summed E-state index contributed by atoms with van der Waals surface area (Å²) in [5.74, 6) is 0.352. The van der Waals surface area contributed by atoms with Crippen LogP contribution in [0.4, 0.5) is 5.82 Å². The van der Waals surface area contributed by atoms with Gasteiger partial charge in [-0.2, -0.15) is 0 Å². The van der Waals surface area contributed by atoms with Crippen molar-refractivity contribution >= 4 is 15.8 Å². The zero-order valence-electron chi connectivity index (χ0n) is 12.8. The first-order chi connectivity index (χ1) is 9.18. The van der Waals surface area contributed by atoms with Crippen molar-refractivity contribution in [2.45, 2.75) is 18.7 Å². The summed E-state index contributed by atoms with van der Waals surface area (Å²) in [4.78, 5) is 6.23. The third-order valence-electron chi connectivity index (χ3n) is 2.78. The molecule has 7 heteroatoms. The maximum Gasteiger partial charge on any atom is 0.244 e. The van der Waals surface area contributed by atoms with E-state index in [1.54, 1.807) is 25.4 Å². The van der Waals surface area contributed by atoms with E-state index < -0.39 is 10.0 Å². The highest BCUT2D eigenvalue weighted by atomic mass is 32.2. The molecule has 2 N–H and O–H groups in total. The number of hydrogen-bond donors (Lipinski definition) is 2. The Kier molecular flexibility index (Phi) is 5.50. The molecule has 0 amide bonds. The van der Waals surface area contributed by atoms with Gasteiger partial charge in [0.05, 0.1) is 0 Å². The molecular weight excluding hydrogens is 276 g/mol. The minimum atomic E-state index is -3.57. The molecule has 0 saturated heterocycles. The van der Waals surface area contributed by atoms with Gasteiger partial charge >= 0.3 is 0 Å². The van der Waals surface area contributed by atoms with E-state index in [-0.39, 0.29) is 10.3 Å². The highest BCUT2D eigenvalue weighted by Gasteiger charge is 2.24. The Labute approximate surface area is 121 Å². The highest BCUT2D eigenvalue weighted by molar-refractivity contribution is 7.89. The number of nitrogens with one attached hydrogen (secondary N) is 2. The van der Waals surface area contributed by atoms with Gasteiger partial charge in [-0.05, 0) is 31.6 Å². The van der Waals surface area contributed by atoms with E-state index in [2.05, 4.69) is 15.0 Å². The van der Waals surface area contributed by atoms with Crippen molar-refractivity contribution in [2.24, 2.45) is 5.41 Å². The fourth-order valence-electron chi connectivity index (χ4n) is 2.08. The Morgan fingerprint density at radius 2 is 2.00 bits per heavy atom. The number of hydrogen-bond acceptors (Lipinski definition) is 5. The van der Waals surface area contributed by atoms with Crippen LogP contribution in [-0.4, -0.2) is 52.5 Å². The fourth-order valence-corrected chi connectivity index (χ4v) is 3.48. The van der Waals surface area contributed by atoms with Gasteiger partial charge in [-0.3, -0.25) is 0 Å². The highest BCUT2D eigenvalue weighted by Crippen LogP contribution is 2.19. The summed E-state index contributed by atoms with van der Waals surface area (Å²) in [6, 6.07) is 3.15. The molecule has 1 heterocycles. The number of nitrogens with zero attached hydrogens (tertiary/aromatic N) is 2. The average molecular weight is 300 g/mol. The summed E-state index contributed by atoms with van der Waals surface area (Å²) in [7, 11) is 2.02. The Bertz CT molecular complexity index is 541. The molecule has 1 aromatic rings. The molecule has 0 unspecified atom stereocenters. The lowest BCUT2D eigenvalue weighted by atomic mass is 9.93. The first-order valence-corrected chi connectivity index (χ1v) is 7.93. The molecule has 0 aliphatic heterocycles. The standard InChI is InChI=1S/C13H24N4O2S/c1-13(2,10-17(4)5)9-16-20(18,19)11-7-6-8-15-12(11)14-3/h6-8,16H,9-10H2,1-5H3,(H,14,15). The first-order valence-electron chi connectivity index (χ1n) is 6.45. The molecule has 20 heavy (non-hydrogen) atoms. The molecule has 0 aliphatic carbocycles. The van der Waals surface area contributed by atoms with Crippen molar-refractivity contribution < 1.29 is 8.42 Å². The van der Waals surface area contributed by atoms with Gasteiger partial charge < -0.3 is 10.2 Å². The second kappa shape index (κ2) is 6.51. The largest absolute Gasteiger partial charge is 0.372 e. The number of pyridine rings is 1. The van der Waals surface area contributed by atoms with E-state index in [0.717, 1.165) is 6.54 Å². The maximum atomic E-state index is 12.3. The number of aromatic nitrogens is 1. The van der Waals surface area contributed by atoms with Gasteiger partial charge in [0.1, 0.15) is 10.7 Å². The fraction of sp³-hybridized carbons (Fsp3) is 0.615. The zero-order valence-corrected chi connectivity index (χ0v) is 13.6. The van der Waals surface area contributed by atoms with E-state index in [1.807, 2.05) is 32.8 Å². The zero-order chi connectivity index (χ0) is 15.4. The summed E-state index contributed by atoms with van der Waals surface area (Å²) in [6.07, 6.45) is 1.56. The normalized spacial score (nSPS) is 12.7.